The highest BCUT2D eigenvalue weighted by molar-refractivity contribution is 5.75. The summed E-state index contributed by atoms with van der Waals surface area (Å²) in [5.74, 6) is 0.716. The molecular weight excluding hydrogens is 262 g/mol. The number of benzene rings is 1. The van der Waals surface area contributed by atoms with E-state index in [1.54, 1.807) is 0 Å². The summed E-state index contributed by atoms with van der Waals surface area (Å²) in [7, 11) is 0. The maximum Gasteiger partial charge on any atom is 0.323 e. The van der Waals surface area contributed by atoms with E-state index in [1.165, 1.54) is 37.7 Å². The number of nitrogens with one attached hydrogen (secondary N) is 3. The first kappa shape index (κ1) is 14.4. The van der Waals surface area contributed by atoms with Gasteiger partial charge in [0.05, 0.1) is 11.0 Å². The van der Waals surface area contributed by atoms with Crippen LogP contribution in [0.2, 0.25) is 0 Å². The van der Waals surface area contributed by atoms with E-state index in [-0.39, 0.29) is 5.69 Å². The van der Waals surface area contributed by atoms with Crippen LogP contribution in [-0.4, -0.2) is 16.5 Å². The van der Waals surface area contributed by atoms with Gasteiger partial charge in [-0.25, -0.2) is 4.79 Å². The molecule has 0 spiro atoms. The number of hydrogen-bond acceptors (Lipinski definition) is 2. The van der Waals surface area contributed by atoms with E-state index in [4.69, 9.17) is 0 Å². The first-order valence-electron chi connectivity index (χ1n) is 8.23. The quantitative estimate of drug-likeness (QED) is 0.788. The summed E-state index contributed by atoms with van der Waals surface area (Å²) in [5, 5.41) is 3.72. The molecular formula is C17H25N3O. The second kappa shape index (κ2) is 6.48. The Bertz CT molecular complexity index is 637. The van der Waals surface area contributed by atoms with Crippen molar-refractivity contribution in [1.29, 1.82) is 0 Å². The third kappa shape index (κ3) is 3.21. The van der Waals surface area contributed by atoms with Crippen molar-refractivity contribution in [2.75, 3.05) is 6.54 Å². The summed E-state index contributed by atoms with van der Waals surface area (Å²) in [6, 6.07) is 6.72. The summed E-state index contributed by atoms with van der Waals surface area (Å²) in [5.41, 5.74) is 2.98. The molecule has 1 saturated carbocycles. The normalized spacial score (nSPS) is 18.1. The summed E-state index contributed by atoms with van der Waals surface area (Å²) in [6.07, 6.45) is 7.83. The van der Waals surface area contributed by atoms with Gasteiger partial charge in [-0.3, -0.25) is 0 Å². The minimum Gasteiger partial charge on any atom is -0.310 e. The second-order valence-electron chi connectivity index (χ2n) is 6.21. The molecule has 3 N–H and O–H groups in total. The van der Waals surface area contributed by atoms with Crippen LogP contribution in [0, 0.1) is 5.92 Å². The lowest BCUT2D eigenvalue weighted by Gasteiger charge is -2.31. The fourth-order valence-corrected chi connectivity index (χ4v) is 3.57. The molecule has 4 nitrogen and oxygen atoms in total. The van der Waals surface area contributed by atoms with Gasteiger partial charge in [-0.2, -0.15) is 0 Å². The molecule has 1 aromatic heterocycles. The molecule has 1 aliphatic rings. The Labute approximate surface area is 125 Å². The standard InChI is InChI=1S/C17H25N3O/c1-2-10-18-16(12-6-4-3-5-7-12)13-8-9-14-15(11-13)20-17(21)19-14/h8-9,11-12,16,18H,2-7,10H2,1H3,(H2,19,20,21). The zero-order valence-corrected chi connectivity index (χ0v) is 12.7. The van der Waals surface area contributed by atoms with Gasteiger partial charge >= 0.3 is 5.69 Å². The van der Waals surface area contributed by atoms with Gasteiger partial charge in [-0.15, -0.1) is 0 Å². The van der Waals surface area contributed by atoms with E-state index in [1.807, 2.05) is 6.07 Å². The number of aromatic amines is 2. The molecule has 114 valence electrons. The van der Waals surface area contributed by atoms with Crippen molar-refractivity contribution in [3.63, 3.8) is 0 Å². The van der Waals surface area contributed by atoms with Gasteiger partial charge < -0.3 is 15.3 Å². The van der Waals surface area contributed by atoms with Crippen molar-refractivity contribution >= 4 is 11.0 Å². The van der Waals surface area contributed by atoms with Gasteiger partial charge in [0.1, 0.15) is 0 Å². The molecule has 1 aliphatic carbocycles. The lowest BCUT2D eigenvalue weighted by molar-refractivity contribution is 0.272. The smallest absolute Gasteiger partial charge is 0.310 e. The Kier molecular flexibility index (Phi) is 4.44. The Balaban J connectivity index is 1.89. The molecule has 0 saturated heterocycles. The van der Waals surface area contributed by atoms with Crippen molar-refractivity contribution in [3.8, 4) is 0 Å². The van der Waals surface area contributed by atoms with Gasteiger partial charge in [0.2, 0.25) is 0 Å². The van der Waals surface area contributed by atoms with Gasteiger partial charge in [0.25, 0.3) is 0 Å². The molecule has 0 bridgehead atoms. The van der Waals surface area contributed by atoms with Crippen LogP contribution >= 0.6 is 0 Å². The third-order valence-corrected chi connectivity index (χ3v) is 4.63. The predicted octanol–water partition coefficient (Wildman–Crippen LogP) is 3.48. The highest BCUT2D eigenvalue weighted by Gasteiger charge is 2.24. The number of rotatable bonds is 5. The molecule has 1 unspecified atom stereocenters. The minimum absolute atomic E-state index is 0.127. The van der Waals surface area contributed by atoms with E-state index >= 15 is 0 Å². The van der Waals surface area contributed by atoms with Gasteiger partial charge in [-0.1, -0.05) is 32.3 Å². The highest BCUT2D eigenvalue weighted by atomic mass is 16.1. The summed E-state index contributed by atoms with van der Waals surface area (Å²) < 4.78 is 0. The molecule has 1 heterocycles. The monoisotopic (exact) mass is 287 g/mol. The van der Waals surface area contributed by atoms with Gasteiger partial charge in [0.15, 0.2) is 0 Å². The number of hydrogen-bond donors (Lipinski definition) is 3. The summed E-state index contributed by atoms with van der Waals surface area (Å²) in [6.45, 7) is 3.25. The topological polar surface area (TPSA) is 60.7 Å². The number of H-pyrrole nitrogens is 2. The van der Waals surface area contributed by atoms with Gasteiger partial charge in [0, 0.05) is 6.04 Å². The van der Waals surface area contributed by atoms with Crippen LogP contribution in [0.25, 0.3) is 11.0 Å². The molecule has 1 atom stereocenters. The van der Waals surface area contributed by atoms with Crippen LogP contribution in [0.1, 0.15) is 57.1 Å². The molecule has 4 heteroatoms. The number of imidazole rings is 1. The first-order chi connectivity index (χ1) is 10.3. The van der Waals surface area contributed by atoms with Crippen LogP contribution in [0.4, 0.5) is 0 Å². The zero-order valence-electron chi connectivity index (χ0n) is 12.7. The molecule has 0 radical (unpaired) electrons. The van der Waals surface area contributed by atoms with Crippen molar-refractivity contribution in [1.82, 2.24) is 15.3 Å². The van der Waals surface area contributed by atoms with E-state index in [0.29, 0.717) is 12.0 Å². The average Bonchev–Trinajstić information content (AvgIpc) is 2.88. The predicted molar refractivity (Wildman–Crippen MR) is 86.5 cm³/mol. The zero-order chi connectivity index (χ0) is 14.7. The Morgan fingerprint density at radius 2 is 1.95 bits per heavy atom. The van der Waals surface area contributed by atoms with Crippen molar-refractivity contribution in [2.24, 2.45) is 5.92 Å². The SMILES string of the molecule is CCCNC(c1ccc2[nH]c(=O)[nH]c2c1)C1CCCCC1. The van der Waals surface area contributed by atoms with E-state index in [2.05, 4.69) is 34.3 Å². The Morgan fingerprint density at radius 3 is 2.71 bits per heavy atom. The van der Waals surface area contributed by atoms with Crippen LogP contribution in [-0.2, 0) is 0 Å². The maximum absolute atomic E-state index is 11.4. The molecule has 21 heavy (non-hydrogen) atoms. The number of aromatic nitrogens is 2. The minimum atomic E-state index is -0.127. The molecule has 3 rings (SSSR count). The van der Waals surface area contributed by atoms with E-state index < -0.39 is 0 Å². The Morgan fingerprint density at radius 1 is 1.19 bits per heavy atom. The number of fused-ring (bicyclic) bond motifs is 1. The lowest BCUT2D eigenvalue weighted by atomic mass is 9.81. The lowest BCUT2D eigenvalue weighted by Crippen LogP contribution is -2.30. The van der Waals surface area contributed by atoms with E-state index in [9.17, 15) is 4.79 Å². The van der Waals surface area contributed by atoms with Crippen molar-refractivity contribution in [3.05, 3.63) is 34.2 Å². The van der Waals surface area contributed by atoms with Crippen LogP contribution in [0.15, 0.2) is 23.0 Å². The fraction of sp³-hybridized carbons (Fsp3) is 0.588. The molecule has 0 amide bonds. The molecule has 2 aromatic rings. The third-order valence-electron chi connectivity index (χ3n) is 4.63. The first-order valence-corrected chi connectivity index (χ1v) is 8.23. The average molecular weight is 287 g/mol. The largest absolute Gasteiger partial charge is 0.323 e. The summed E-state index contributed by atoms with van der Waals surface area (Å²) >= 11 is 0. The highest BCUT2D eigenvalue weighted by Crippen LogP contribution is 2.35. The fourth-order valence-electron chi connectivity index (χ4n) is 3.57. The van der Waals surface area contributed by atoms with Crippen LogP contribution in [0.5, 0.6) is 0 Å². The van der Waals surface area contributed by atoms with E-state index in [0.717, 1.165) is 24.0 Å². The molecule has 0 aliphatic heterocycles. The second-order valence-corrected chi connectivity index (χ2v) is 6.21. The van der Waals surface area contributed by atoms with Crippen molar-refractivity contribution < 1.29 is 0 Å². The van der Waals surface area contributed by atoms with Gasteiger partial charge in [-0.05, 0) is 49.4 Å². The maximum atomic E-state index is 11.4. The molecule has 1 aromatic carbocycles. The van der Waals surface area contributed by atoms with Crippen LogP contribution in [0.3, 0.4) is 0 Å². The van der Waals surface area contributed by atoms with Crippen LogP contribution < -0.4 is 11.0 Å². The van der Waals surface area contributed by atoms with Crippen molar-refractivity contribution in [2.45, 2.75) is 51.5 Å². The molecule has 1 fully saturated rings. The Hall–Kier alpha value is -1.55. The summed E-state index contributed by atoms with van der Waals surface area (Å²) in [4.78, 5) is 17.1.